The first-order chi connectivity index (χ1) is 12.7. The van der Waals surface area contributed by atoms with Crippen molar-refractivity contribution >= 4 is 0 Å². The third-order valence-corrected chi connectivity index (χ3v) is 5.26. The van der Waals surface area contributed by atoms with Crippen molar-refractivity contribution in [2.45, 2.75) is 32.5 Å². The van der Waals surface area contributed by atoms with Gasteiger partial charge in [0.15, 0.2) is 0 Å². The molecule has 0 spiro atoms. The fourth-order valence-electron chi connectivity index (χ4n) is 4.00. The van der Waals surface area contributed by atoms with E-state index in [4.69, 9.17) is 4.74 Å². The van der Waals surface area contributed by atoms with E-state index in [2.05, 4.69) is 83.3 Å². The Hall–Kier alpha value is -2.52. The van der Waals surface area contributed by atoms with Crippen LogP contribution in [0.2, 0.25) is 0 Å². The highest BCUT2D eigenvalue weighted by Crippen LogP contribution is 2.33. The van der Waals surface area contributed by atoms with E-state index in [0.717, 1.165) is 25.4 Å². The first kappa shape index (κ1) is 16.9. The first-order valence-corrected chi connectivity index (χ1v) is 9.33. The summed E-state index contributed by atoms with van der Waals surface area (Å²) in [6, 6.07) is 22.1. The number of benzene rings is 2. The van der Waals surface area contributed by atoms with Gasteiger partial charge in [-0.1, -0.05) is 42.0 Å². The molecule has 1 aliphatic rings. The fraction of sp³-hybridized carbons (Fsp3) is 0.304. The molecular weight excluding hydrogens is 320 g/mol. The van der Waals surface area contributed by atoms with Gasteiger partial charge in [0, 0.05) is 31.5 Å². The van der Waals surface area contributed by atoms with E-state index in [9.17, 15) is 0 Å². The van der Waals surface area contributed by atoms with Gasteiger partial charge in [-0.2, -0.15) is 0 Å². The van der Waals surface area contributed by atoms with Crippen LogP contribution in [-0.2, 0) is 13.1 Å². The highest BCUT2D eigenvalue weighted by Gasteiger charge is 2.27. The summed E-state index contributed by atoms with van der Waals surface area (Å²) in [4.78, 5) is 2.61. The van der Waals surface area contributed by atoms with Crippen LogP contribution in [0.1, 0.15) is 34.8 Å². The number of nitrogens with zero attached hydrogens (tertiary/aromatic N) is 2. The molecule has 1 aliphatic heterocycles. The third-order valence-electron chi connectivity index (χ3n) is 5.26. The monoisotopic (exact) mass is 346 g/mol. The molecule has 2 aromatic carbocycles. The Bertz CT molecular complexity index is 866. The lowest BCUT2D eigenvalue weighted by Gasteiger charge is -2.31. The van der Waals surface area contributed by atoms with Gasteiger partial charge in [0.1, 0.15) is 5.75 Å². The van der Waals surface area contributed by atoms with E-state index in [1.54, 1.807) is 7.11 Å². The summed E-state index contributed by atoms with van der Waals surface area (Å²) in [7, 11) is 1.71. The predicted octanol–water partition coefficient (Wildman–Crippen LogP) is 4.80. The number of ether oxygens (including phenoxy) is 1. The number of hydrogen-bond acceptors (Lipinski definition) is 2. The number of fused-ring (bicyclic) bond motifs is 1. The quantitative estimate of drug-likeness (QED) is 0.675. The molecule has 0 saturated heterocycles. The molecule has 1 atom stereocenters. The van der Waals surface area contributed by atoms with Crippen molar-refractivity contribution in [2.24, 2.45) is 0 Å². The number of hydrogen-bond donors (Lipinski definition) is 0. The molecule has 1 aromatic heterocycles. The van der Waals surface area contributed by atoms with Gasteiger partial charge in [0.2, 0.25) is 0 Å². The molecule has 134 valence electrons. The number of methoxy groups -OCH3 is 1. The zero-order valence-corrected chi connectivity index (χ0v) is 15.6. The Morgan fingerprint density at radius 2 is 1.85 bits per heavy atom. The summed E-state index contributed by atoms with van der Waals surface area (Å²) in [6.45, 7) is 5.29. The van der Waals surface area contributed by atoms with Crippen molar-refractivity contribution in [1.82, 2.24) is 9.47 Å². The van der Waals surface area contributed by atoms with E-state index < -0.39 is 0 Å². The Morgan fingerprint density at radius 3 is 2.62 bits per heavy atom. The zero-order valence-electron chi connectivity index (χ0n) is 15.6. The molecule has 0 fully saturated rings. The molecule has 0 bridgehead atoms. The van der Waals surface area contributed by atoms with Crippen LogP contribution in [0, 0.1) is 6.92 Å². The van der Waals surface area contributed by atoms with Crippen molar-refractivity contribution in [1.29, 1.82) is 0 Å². The molecule has 0 saturated carbocycles. The summed E-state index contributed by atoms with van der Waals surface area (Å²) in [5.41, 5.74) is 5.40. The van der Waals surface area contributed by atoms with Crippen LogP contribution in [0.3, 0.4) is 0 Å². The Kier molecular flexibility index (Phi) is 4.81. The van der Waals surface area contributed by atoms with Crippen molar-refractivity contribution in [3.05, 3.63) is 89.2 Å². The van der Waals surface area contributed by atoms with Gasteiger partial charge in [-0.15, -0.1) is 0 Å². The summed E-state index contributed by atoms with van der Waals surface area (Å²) < 4.78 is 7.72. The second-order valence-corrected chi connectivity index (χ2v) is 7.12. The lowest BCUT2D eigenvalue weighted by molar-refractivity contribution is 0.220. The maximum absolute atomic E-state index is 5.30. The van der Waals surface area contributed by atoms with E-state index in [1.807, 2.05) is 0 Å². The highest BCUT2D eigenvalue weighted by atomic mass is 16.5. The average molecular weight is 346 g/mol. The Balaban J connectivity index is 1.70. The molecule has 4 rings (SSSR count). The summed E-state index contributed by atoms with van der Waals surface area (Å²) in [5.74, 6) is 0.911. The van der Waals surface area contributed by atoms with Gasteiger partial charge < -0.3 is 9.30 Å². The van der Waals surface area contributed by atoms with Gasteiger partial charge in [0.05, 0.1) is 13.2 Å². The topological polar surface area (TPSA) is 17.4 Å². The van der Waals surface area contributed by atoms with Crippen LogP contribution in [-0.4, -0.2) is 23.1 Å². The molecular formula is C23H26N2O. The molecule has 0 N–H and O–H groups in total. The van der Waals surface area contributed by atoms with Gasteiger partial charge in [0.25, 0.3) is 0 Å². The second-order valence-electron chi connectivity index (χ2n) is 7.12. The minimum Gasteiger partial charge on any atom is -0.497 e. The smallest absolute Gasteiger partial charge is 0.118 e. The maximum Gasteiger partial charge on any atom is 0.118 e. The Labute approximate surface area is 155 Å². The van der Waals surface area contributed by atoms with Crippen LogP contribution in [0.15, 0.2) is 66.9 Å². The van der Waals surface area contributed by atoms with E-state index >= 15 is 0 Å². The van der Waals surface area contributed by atoms with E-state index in [1.165, 1.54) is 28.8 Å². The van der Waals surface area contributed by atoms with Crippen LogP contribution in [0.5, 0.6) is 5.75 Å². The molecule has 0 radical (unpaired) electrons. The summed E-state index contributed by atoms with van der Waals surface area (Å²) in [6.07, 6.45) is 3.38. The maximum atomic E-state index is 5.30. The third kappa shape index (κ3) is 3.40. The predicted molar refractivity (Wildman–Crippen MR) is 105 cm³/mol. The van der Waals surface area contributed by atoms with Crippen molar-refractivity contribution in [2.75, 3.05) is 13.7 Å². The molecule has 0 unspecified atom stereocenters. The van der Waals surface area contributed by atoms with Crippen LogP contribution in [0.25, 0.3) is 0 Å². The lowest BCUT2D eigenvalue weighted by atomic mass is 9.99. The molecule has 3 aromatic rings. The zero-order chi connectivity index (χ0) is 17.9. The van der Waals surface area contributed by atoms with Crippen LogP contribution in [0.4, 0.5) is 0 Å². The minimum atomic E-state index is 0.287. The van der Waals surface area contributed by atoms with Crippen molar-refractivity contribution in [3.63, 3.8) is 0 Å². The standard InChI is InChI=1S/C23H26N2O/c1-18-6-3-7-20(16-18)23-22-8-4-13-24(22)14-5-15-25(23)17-19-9-11-21(26-2)12-10-19/h3-4,6-13,16,23H,5,14-15,17H2,1-2H3/t23-/m1/s1. The fourth-order valence-corrected chi connectivity index (χ4v) is 4.00. The first-order valence-electron chi connectivity index (χ1n) is 9.33. The largest absolute Gasteiger partial charge is 0.497 e. The normalized spacial score (nSPS) is 17.5. The van der Waals surface area contributed by atoms with Gasteiger partial charge in [-0.05, 0) is 48.7 Å². The summed E-state index contributed by atoms with van der Waals surface area (Å²) >= 11 is 0. The minimum absolute atomic E-state index is 0.287. The number of rotatable bonds is 4. The van der Waals surface area contributed by atoms with Crippen molar-refractivity contribution < 1.29 is 4.74 Å². The molecule has 3 heteroatoms. The molecule has 3 nitrogen and oxygen atoms in total. The SMILES string of the molecule is COc1ccc(CN2CCCn3cccc3[C@H]2c2cccc(C)c2)cc1. The molecule has 0 amide bonds. The second kappa shape index (κ2) is 7.38. The Morgan fingerprint density at radius 1 is 1.00 bits per heavy atom. The van der Waals surface area contributed by atoms with Gasteiger partial charge in [-0.3, -0.25) is 4.90 Å². The summed E-state index contributed by atoms with van der Waals surface area (Å²) in [5, 5.41) is 0. The number of aromatic nitrogens is 1. The highest BCUT2D eigenvalue weighted by molar-refractivity contribution is 5.33. The van der Waals surface area contributed by atoms with Crippen molar-refractivity contribution in [3.8, 4) is 5.75 Å². The van der Waals surface area contributed by atoms with Crippen LogP contribution >= 0.6 is 0 Å². The van der Waals surface area contributed by atoms with E-state index in [0.29, 0.717) is 0 Å². The molecule has 0 aliphatic carbocycles. The van der Waals surface area contributed by atoms with Gasteiger partial charge >= 0.3 is 0 Å². The van der Waals surface area contributed by atoms with E-state index in [-0.39, 0.29) is 6.04 Å². The molecule has 26 heavy (non-hydrogen) atoms. The van der Waals surface area contributed by atoms with Gasteiger partial charge in [-0.25, -0.2) is 0 Å². The average Bonchev–Trinajstić information content (AvgIpc) is 3.04. The molecule has 2 heterocycles. The number of aryl methyl sites for hydroxylation is 2. The van der Waals surface area contributed by atoms with Crippen LogP contribution < -0.4 is 4.74 Å². The lowest BCUT2D eigenvalue weighted by Crippen LogP contribution is -2.29.